The van der Waals surface area contributed by atoms with Crippen LogP contribution in [0.15, 0.2) is 24.3 Å². The first-order valence-corrected chi connectivity index (χ1v) is 10.5. The number of carbonyl (C=O) groups excluding carboxylic acids is 1. The number of nitrogens with zero attached hydrogens (tertiary/aromatic N) is 3. The summed E-state index contributed by atoms with van der Waals surface area (Å²) in [5.74, 6) is 0.116. The Morgan fingerprint density at radius 2 is 2.12 bits per heavy atom. The van der Waals surface area contributed by atoms with Gasteiger partial charge in [0.25, 0.3) is 5.91 Å². The van der Waals surface area contributed by atoms with Crippen LogP contribution >= 0.6 is 22.9 Å². The first kappa shape index (κ1) is 19.3. The SMILES string of the molecule is CCCCN1CCCN(C(=O)c2sc(-c3cccc(Cl)c3)nc2C)CC1. The van der Waals surface area contributed by atoms with Crippen LogP contribution in [0, 0.1) is 6.92 Å². The second kappa shape index (κ2) is 8.98. The van der Waals surface area contributed by atoms with Crippen molar-refractivity contribution in [2.24, 2.45) is 0 Å². The molecule has 0 bridgehead atoms. The lowest BCUT2D eigenvalue weighted by Crippen LogP contribution is -2.35. The zero-order chi connectivity index (χ0) is 18.5. The number of aromatic nitrogens is 1. The van der Waals surface area contributed by atoms with Gasteiger partial charge in [0.05, 0.1) is 5.69 Å². The molecule has 1 aliphatic rings. The Morgan fingerprint density at radius 1 is 1.27 bits per heavy atom. The van der Waals surface area contributed by atoms with E-state index in [-0.39, 0.29) is 5.91 Å². The molecule has 0 radical (unpaired) electrons. The highest BCUT2D eigenvalue weighted by molar-refractivity contribution is 7.17. The van der Waals surface area contributed by atoms with Gasteiger partial charge in [0.2, 0.25) is 0 Å². The van der Waals surface area contributed by atoms with Crippen molar-refractivity contribution in [2.75, 3.05) is 32.7 Å². The van der Waals surface area contributed by atoms with Crippen LogP contribution < -0.4 is 0 Å². The van der Waals surface area contributed by atoms with Gasteiger partial charge in [0.15, 0.2) is 0 Å². The van der Waals surface area contributed by atoms with Gasteiger partial charge in [-0.3, -0.25) is 4.79 Å². The van der Waals surface area contributed by atoms with Gasteiger partial charge < -0.3 is 9.80 Å². The fraction of sp³-hybridized carbons (Fsp3) is 0.500. The minimum atomic E-state index is 0.116. The van der Waals surface area contributed by atoms with Crippen LogP contribution in [-0.4, -0.2) is 53.4 Å². The summed E-state index contributed by atoms with van der Waals surface area (Å²) in [5.41, 5.74) is 1.77. The van der Waals surface area contributed by atoms with Gasteiger partial charge in [-0.15, -0.1) is 11.3 Å². The lowest BCUT2D eigenvalue weighted by atomic mass is 10.2. The number of hydrogen-bond donors (Lipinski definition) is 0. The maximum atomic E-state index is 13.1. The molecule has 1 aliphatic heterocycles. The summed E-state index contributed by atoms with van der Waals surface area (Å²) >= 11 is 7.56. The molecular formula is C20H26ClN3OS. The van der Waals surface area contributed by atoms with E-state index in [1.807, 2.05) is 36.1 Å². The molecule has 0 N–H and O–H groups in total. The van der Waals surface area contributed by atoms with Gasteiger partial charge in [-0.1, -0.05) is 37.1 Å². The van der Waals surface area contributed by atoms with Gasteiger partial charge in [-0.25, -0.2) is 4.98 Å². The summed E-state index contributed by atoms with van der Waals surface area (Å²) in [7, 11) is 0. The molecule has 0 atom stereocenters. The van der Waals surface area contributed by atoms with Crippen molar-refractivity contribution in [3.63, 3.8) is 0 Å². The zero-order valence-corrected chi connectivity index (χ0v) is 17.1. The molecule has 2 aromatic rings. The van der Waals surface area contributed by atoms with E-state index in [2.05, 4.69) is 16.8 Å². The molecule has 6 heteroatoms. The Bertz CT molecular complexity index is 761. The zero-order valence-electron chi connectivity index (χ0n) is 15.5. The third-order valence-corrected chi connectivity index (χ3v) is 6.20. The van der Waals surface area contributed by atoms with Gasteiger partial charge >= 0.3 is 0 Å². The van der Waals surface area contributed by atoms with Gasteiger partial charge in [0, 0.05) is 30.2 Å². The van der Waals surface area contributed by atoms with E-state index >= 15 is 0 Å². The number of carbonyl (C=O) groups is 1. The molecule has 4 nitrogen and oxygen atoms in total. The largest absolute Gasteiger partial charge is 0.337 e. The van der Waals surface area contributed by atoms with Crippen molar-refractivity contribution in [1.29, 1.82) is 0 Å². The minimum Gasteiger partial charge on any atom is -0.337 e. The van der Waals surface area contributed by atoms with Crippen LogP contribution in [0.5, 0.6) is 0 Å². The van der Waals surface area contributed by atoms with E-state index < -0.39 is 0 Å². The summed E-state index contributed by atoms with van der Waals surface area (Å²) in [4.78, 5) is 22.9. The van der Waals surface area contributed by atoms with Crippen molar-refractivity contribution in [1.82, 2.24) is 14.8 Å². The Labute approximate surface area is 164 Å². The maximum absolute atomic E-state index is 13.1. The van der Waals surface area contributed by atoms with Gasteiger partial charge in [0.1, 0.15) is 9.88 Å². The van der Waals surface area contributed by atoms with Crippen LogP contribution in [0.2, 0.25) is 5.02 Å². The summed E-state index contributed by atoms with van der Waals surface area (Å²) in [6, 6.07) is 7.64. The van der Waals surface area contributed by atoms with Crippen LogP contribution in [0.25, 0.3) is 10.6 Å². The Balaban J connectivity index is 1.72. The van der Waals surface area contributed by atoms with Gasteiger partial charge in [-0.2, -0.15) is 0 Å². The third kappa shape index (κ3) is 4.64. The quantitative estimate of drug-likeness (QED) is 0.739. The molecule has 1 amide bonds. The predicted molar refractivity (Wildman–Crippen MR) is 109 cm³/mol. The average Bonchev–Trinajstić information content (AvgIpc) is 2.87. The molecule has 26 heavy (non-hydrogen) atoms. The molecule has 140 valence electrons. The van der Waals surface area contributed by atoms with Crippen molar-refractivity contribution in [3.05, 3.63) is 39.9 Å². The number of hydrogen-bond acceptors (Lipinski definition) is 4. The minimum absolute atomic E-state index is 0.116. The number of unbranched alkanes of at least 4 members (excludes halogenated alkanes) is 1. The number of aryl methyl sites for hydroxylation is 1. The highest BCUT2D eigenvalue weighted by Gasteiger charge is 2.24. The van der Waals surface area contributed by atoms with Crippen LogP contribution in [0.1, 0.15) is 41.6 Å². The van der Waals surface area contributed by atoms with Crippen molar-refractivity contribution >= 4 is 28.8 Å². The number of amides is 1. The molecule has 1 aromatic carbocycles. The third-order valence-electron chi connectivity index (χ3n) is 4.77. The summed E-state index contributed by atoms with van der Waals surface area (Å²) in [5, 5.41) is 1.54. The summed E-state index contributed by atoms with van der Waals surface area (Å²) in [6.07, 6.45) is 3.48. The predicted octanol–water partition coefficient (Wildman–Crippen LogP) is 4.72. The van der Waals surface area contributed by atoms with E-state index in [9.17, 15) is 4.79 Å². The monoisotopic (exact) mass is 391 g/mol. The second-order valence-corrected chi connectivity index (χ2v) is 8.22. The smallest absolute Gasteiger partial charge is 0.265 e. The molecule has 2 heterocycles. The van der Waals surface area contributed by atoms with Crippen molar-refractivity contribution in [2.45, 2.75) is 33.1 Å². The van der Waals surface area contributed by atoms with Gasteiger partial charge in [-0.05, 0) is 45.0 Å². The van der Waals surface area contributed by atoms with Crippen molar-refractivity contribution in [3.8, 4) is 10.6 Å². The summed E-state index contributed by atoms with van der Waals surface area (Å²) < 4.78 is 0. The Morgan fingerprint density at radius 3 is 2.88 bits per heavy atom. The molecular weight excluding hydrogens is 366 g/mol. The lowest BCUT2D eigenvalue weighted by Gasteiger charge is -2.21. The fourth-order valence-electron chi connectivity index (χ4n) is 3.26. The van der Waals surface area contributed by atoms with Crippen LogP contribution in [-0.2, 0) is 0 Å². The average molecular weight is 392 g/mol. The molecule has 1 fully saturated rings. The molecule has 1 saturated heterocycles. The second-order valence-electron chi connectivity index (χ2n) is 6.78. The van der Waals surface area contributed by atoms with E-state index in [0.717, 1.165) is 60.3 Å². The standard InChI is InChI=1S/C20H26ClN3OS/c1-3-4-9-23-10-6-11-24(13-12-23)20(25)18-15(2)22-19(26-18)16-7-5-8-17(21)14-16/h5,7-8,14H,3-4,6,9-13H2,1-2H3. The molecule has 0 aliphatic carbocycles. The Kier molecular flexibility index (Phi) is 6.68. The normalized spacial score (nSPS) is 15.9. The molecule has 0 saturated carbocycles. The van der Waals surface area contributed by atoms with E-state index in [1.165, 1.54) is 24.2 Å². The number of benzene rings is 1. The molecule has 0 unspecified atom stereocenters. The lowest BCUT2D eigenvalue weighted by molar-refractivity contribution is 0.0765. The van der Waals surface area contributed by atoms with E-state index in [1.54, 1.807) is 0 Å². The number of rotatable bonds is 5. The Hall–Kier alpha value is -1.43. The van der Waals surface area contributed by atoms with E-state index in [0.29, 0.717) is 5.02 Å². The first-order valence-electron chi connectivity index (χ1n) is 9.33. The molecule has 0 spiro atoms. The first-order chi connectivity index (χ1) is 12.6. The number of halogens is 1. The van der Waals surface area contributed by atoms with Crippen molar-refractivity contribution < 1.29 is 4.79 Å². The van der Waals surface area contributed by atoms with Crippen LogP contribution in [0.4, 0.5) is 0 Å². The summed E-state index contributed by atoms with van der Waals surface area (Å²) in [6.45, 7) is 8.94. The van der Waals surface area contributed by atoms with E-state index in [4.69, 9.17) is 11.6 Å². The number of thiazole rings is 1. The highest BCUT2D eigenvalue weighted by Crippen LogP contribution is 2.30. The molecule has 3 rings (SSSR count). The fourth-order valence-corrected chi connectivity index (χ4v) is 4.48. The topological polar surface area (TPSA) is 36.4 Å². The molecule has 1 aromatic heterocycles. The van der Waals surface area contributed by atoms with Crippen LogP contribution in [0.3, 0.4) is 0 Å². The maximum Gasteiger partial charge on any atom is 0.265 e. The highest BCUT2D eigenvalue weighted by atomic mass is 35.5.